The molecule has 5 nitrogen and oxygen atoms in total. The lowest BCUT2D eigenvalue weighted by atomic mass is 9.72. The second-order valence-corrected chi connectivity index (χ2v) is 4.40. The van der Waals surface area contributed by atoms with E-state index in [4.69, 9.17) is 5.11 Å². The standard InChI is InChI=1S/C11H13NO4/c1-5-3-4-6-8(7(5)11(15)16)10(14)12(2)9(6)13/h3-8H,1-2H3,(H,15,16)/t5-,6+,7-,8-/m1/s1. The van der Waals surface area contributed by atoms with E-state index >= 15 is 0 Å². The second-order valence-electron chi connectivity index (χ2n) is 4.40. The molecule has 5 heteroatoms. The first-order valence-corrected chi connectivity index (χ1v) is 5.17. The van der Waals surface area contributed by atoms with Gasteiger partial charge in [-0.25, -0.2) is 0 Å². The molecular weight excluding hydrogens is 210 g/mol. The minimum Gasteiger partial charge on any atom is -0.481 e. The summed E-state index contributed by atoms with van der Waals surface area (Å²) in [5.74, 6) is -4.02. The molecule has 1 heterocycles. The summed E-state index contributed by atoms with van der Waals surface area (Å²) in [6, 6.07) is 0. The van der Waals surface area contributed by atoms with E-state index in [0.717, 1.165) is 4.90 Å². The number of carbonyl (C=O) groups excluding carboxylic acids is 2. The molecule has 0 bridgehead atoms. The van der Waals surface area contributed by atoms with Gasteiger partial charge >= 0.3 is 5.97 Å². The van der Waals surface area contributed by atoms with Gasteiger partial charge in [0.25, 0.3) is 0 Å². The molecule has 1 saturated heterocycles. The fraction of sp³-hybridized carbons (Fsp3) is 0.545. The maximum atomic E-state index is 11.8. The van der Waals surface area contributed by atoms with E-state index in [9.17, 15) is 14.4 Å². The maximum absolute atomic E-state index is 11.8. The number of hydrogen-bond acceptors (Lipinski definition) is 3. The van der Waals surface area contributed by atoms with Crippen LogP contribution in [0.1, 0.15) is 6.92 Å². The number of hydrogen-bond donors (Lipinski definition) is 1. The van der Waals surface area contributed by atoms with Crippen LogP contribution in [0.15, 0.2) is 12.2 Å². The number of likely N-dealkylation sites (tertiary alicyclic amines) is 1. The van der Waals surface area contributed by atoms with Crippen molar-refractivity contribution < 1.29 is 19.5 Å². The molecule has 0 aromatic heterocycles. The van der Waals surface area contributed by atoms with Crippen molar-refractivity contribution in [2.45, 2.75) is 6.92 Å². The zero-order valence-electron chi connectivity index (χ0n) is 9.08. The van der Waals surface area contributed by atoms with Gasteiger partial charge in [-0.15, -0.1) is 0 Å². The summed E-state index contributed by atoms with van der Waals surface area (Å²) in [4.78, 5) is 35.7. The quantitative estimate of drug-likeness (QED) is 0.506. The van der Waals surface area contributed by atoms with Gasteiger partial charge in [-0.1, -0.05) is 19.1 Å². The van der Waals surface area contributed by atoms with Crippen LogP contribution in [0, 0.1) is 23.7 Å². The topological polar surface area (TPSA) is 74.7 Å². The molecule has 86 valence electrons. The van der Waals surface area contributed by atoms with Gasteiger partial charge in [-0.2, -0.15) is 0 Å². The van der Waals surface area contributed by atoms with Crippen LogP contribution in [-0.2, 0) is 14.4 Å². The Morgan fingerprint density at radius 3 is 2.50 bits per heavy atom. The van der Waals surface area contributed by atoms with Crippen LogP contribution < -0.4 is 0 Å². The predicted octanol–water partition coefficient (Wildman–Crippen LogP) is 0.124. The first-order chi connectivity index (χ1) is 7.45. The van der Waals surface area contributed by atoms with E-state index in [0.29, 0.717) is 0 Å². The highest BCUT2D eigenvalue weighted by molar-refractivity contribution is 6.07. The fourth-order valence-electron chi connectivity index (χ4n) is 2.56. The van der Waals surface area contributed by atoms with Gasteiger partial charge in [0.1, 0.15) is 0 Å². The van der Waals surface area contributed by atoms with E-state index in [-0.39, 0.29) is 17.7 Å². The Hall–Kier alpha value is -1.65. The normalized spacial score (nSPS) is 37.8. The maximum Gasteiger partial charge on any atom is 0.307 e. The van der Waals surface area contributed by atoms with E-state index < -0.39 is 23.7 Å². The van der Waals surface area contributed by atoms with Crippen LogP contribution in [-0.4, -0.2) is 34.8 Å². The smallest absolute Gasteiger partial charge is 0.307 e. The van der Waals surface area contributed by atoms with Gasteiger partial charge in [0, 0.05) is 7.05 Å². The number of imide groups is 1. The van der Waals surface area contributed by atoms with Crippen LogP contribution in [0.2, 0.25) is 0 Å². The summed E-state index contributed by atoms with van der Waals surface area (Å²) >= 11 is 0. The number of aliphatic carboxylic acids is 1. The van der Waals surface area contributed by atoms with Gasteiger partial charge in [0.15, 0.2) is 0 Å². The molecule has 0 unspecified atom stereocenters. The highest BCUT2D eigenvalue weighted by Gasteiger charge is 2.53. The molecule has 0 aromatic carbocycles. The van der Waals surface area contributed by atoms with Crippen molar-refractivity contribution in [1.82, 2.24) is 4.90 Å². The van der Waals surface area contributed by atoms with Gasteiger partial charge in [-0.05, 0) is 5.92 Å². The molecule has 2 rings (SSSR count). The highest BCUT2D eigenvalue weighted by atomic mass is 16.4. The Bertz CT molecular complexity index is 401. The summed E-state index contributed by atoms with van der Waals surface area (Å²) in [6.45, 7) is 1.75. The summed E-state index contributed by atoms with van der Waals surface area (Å²) in [5.41, 5.74) is 0. The third kappa shape index (κ3) is 1.27. The van der Waals surface area contributed by atoms with E-state index in [2.05, 4.69) is 0 Å². The lowest BCUT2D eigenvalue weighted by molar-refractivity contribution is -0.150. The van der Waals surface area contributed by atoms with Crippen LogP contribution in [0.3, 0.4) is 0 Å². The molecule has 1 fully saturated rings. The van der Waals surface area contributed by atoms with Crippen LogP contribution in [0.5, 0.6) is 0 Å². The van der Waals surface area contributed by atoms with Crippen molar-refractivity contribution in [2.75, 3.05) is 7.05 Å². The molecule has 0 spiro atoms. The van der Waals surface area contributed by atoms with Gasteiger partial charge in [0.2, 0.25) is 11.8 Å². The molecule has 0 radical (unpaired) electrons. The van der Waals surface area contributed by atoms with Gasteiger partial charge in [-0.3, -0.25) is 19.3 Å². The average Bonchev–Trinajstić information content (AvgIpc) is 2.43. The fourth-order valence-corrected chi connectivity index (χ4v) is 2.56. The van der Waals surface area contributed by atoms with Crippen molar-refractivity contribution in [3.8, 4) is 0 Å². The number of rotatable bonds is 1. The van der Waals surface area contributed by atoms with Crippen molar-refractivity contribution in [3.63, 3.8) is 0 Å². The van der Waals surface area contributed by atoms with E-state index in [1.54, 1.807) is 19.1 Å². The zero-order valence-corrected chi connectivity index (χ0v) is 9.08. The largest absolute Gasteiger partial charge is 0.481 e. The number of amides is 2. The third-order valence-corrected chi connectivity index (χ3v) is 3.48. The van der Waals surface area contributed by atoms with E-state index in [1.807, 2.05) is 0 Å². The van der Waals surface area contributed by atoms with Crippen molar-refractivity contribution >= 4 is 17.8 Å². The molecule has 1 aliphatic carbocycles. The molecular formula is C11H13NO4. The Morgan fingerprint density at radius 1 is 1.31 bits per heavy atom. The van der Waals surface area contributed by atoms with Crippen molar-refractivity contribution in [1.29, 1.82) is 0 Å². The minimum absolute atomic E-state index is 0.220. The number of fused-ring (bicyclic) bond motifs is 1. The minimum atomic E-state index is -1.01. The highest BCUT2D eigenvalue weighted by Crippen LogP contribution is 2.40. The summed E-state index contributed by atoms with van der Waals surface area (Å²) < 4.78 is 0. The third-order valence-electron chi connectivity index (χ3n) is 3.48. The van der Waals surface area contributed by atoms with E-state index in [1.165, 1.54) is 7.05 Å². The summed E-state index contributed by atoms with van der Waals surface area (Å²) in [6.07, 6.45) is 3.38. The van der Waals surface area contributed by atoms with Crippen molar-refractivity contribution in [3.05, 3.63) is 12.2 Å². The molecule has 16 heavy (non-hydrogen) atoms. The molecule has 2 amide bonds. The van der Waals surface area contributed by atoms with Gasteiger partial charge in [0.05, 0.1) is 17.8 Å². The molecule has 0 aromatic rings. The number of carbonyl (C=O) groups is 3. The predicted molar refractivity (Wildman–Crippen MR) is 54.2 cm³/mol. The first-order valence-electron chi connectivity index (χ1n) is 5.17. The number of carboxylic acids is 1. The number of allylic oxidation sites excluding steroid dienone is 1. The lowest BCUT2D eigenvalue weighted by Crippen LogP contribution is -2.38. The van der Waals surface area contributed by atoms with Crippen LogP contribution >= 0.6 is 0 Å². The SMILES string of the molecule is C[C@@H]1C=C[C@@H]2C(=O)N(C)C(=O)[C@H]2[C@@H]1C(=O)O. The Kier molecular flexibility index (Phi) is 2.33. The molecule has 4 atom stereocenters. The zero-order chi connectivity index (χ0) is 12.0. The molecule has 0 saturated carbocycles. The monoisotopic (exact) mass is 223 g/mol. The Morgan fingerprint density at radius 2 is 1.94 bits per heavy atom. The number of carboxylic acid groups (broad SMARTS) is 1. The first kappa shape index (κ1) is 10.9. The Balaban J connectivity index is 2.44. The van der Waals surface area contributed by atoms with Crippen molar-refractivity contribution in [2.24, 2.45) is 23.7 Å². The number of nitrogens with zero attached hydrogens (tertiary/aromatic N) is 1. The molecule has 2 aliphatic rings. The van der Waals surface area contributed by atoms with Gasteiger partial charge < -0.3 is 5.11 Å². The molecule has 1 aliphatic heterocycles. The Labute approximate surface area is 92.7 Å². The van der Waals surface area contributed by atoms with Crippen LogP contribution in [0.4, 0.5) is 0 Å². The average molecular weight is 223 g/mol. The second kappa shape index (κ2) is 3.43. The molecule has 1 N–H and O–H groups in total. The lowest BCUT2D eigenvalue weighted by Gasteiger charge is -2.28. The summed E-state index contributed by atoms with van der Waals surface area (Å²) in [7, 11) is 1.40. The summed E-state index contributed by atoms with van der Waals surface area (Å²) in [5, 5.41) is 9.13. The van der Waals surface area contributed by atoms with Crippen LogP contribution in [0.25, 0.3) is 0 Å².